The van der Waals surface area contributed by atoms with E-state index < -0.39 is 13.5 Å². The smallest absolute Gasteiger partial charge is 0.171 e. The molecule has 0 atom stereocenters. The Balaban J connectivity index is 1.75. The molecule has 32 heavy (non-hydrogen) atoms. The Labute approximate surface area is 190 Å². The molecule has 0 amide bonds. The maximum absolute atomic E-state index is 13.2. The minimum absolute atomic E-state index is 0.0497. The first-order valence-corrected chi connectivity index (χ1v) is 14.8. The number of rotatable bonds is 7. The van der Waals surface area contributed by atoms with Gasteiger partial charge in [-0.25, -0.2) is 9.97 Å². The van der Waals surface area contributed by atoms with Crippen LogP contribution >= 0.6 is 0 Å². The van der Waals surface area contributed by atoms with Crippen LogP contribution in [0.2, 0.25) is 25.7 Å². The van der Waals surface area contributed by atoms with Crippen LogP contribution in [0.3, 0.4) is 0 Å². The van der Waals surface area contributed by atoms with Crippen molar-refractivity contribution in [3.05, 3.63) is 48.4 Å². The zero-order valence-corrected chi connectivity index (χ0v) is 20.8. The summed E-state index contributed by atoms with van der Waals surface area (Å²) in [6.07, 6.45) is 5.58. The number of Topliss-reactive ketones (excluding diaryl/α,β-unsaturated/α-hetero) is 1. The van der Waals surface area contributed by atoms with Gasteiger partial charge in [0.15, 0.2) is 11.4 Å². The molecule has 4 aromatic rings. The Hall–Kier alpha value is -2.77. The van der Waals surface area contributed by atoms with E-state index >= 15 is 0 Å². The van der Waals surface area contributed by atoms with Gasteiger partial charge in [-0.1, -0.05) is 58.6 Å². The molecule has 3 heterocycles. The van der Waals surface area contributed by atoms with Crippen LogP contribution < -0.4 is 0 Å². The largest absolute Gasteiger partial charge is 0.361 e. The number of benzene rings is 1. The molecule has 0 saturated heterocycles. The molecule has 7 heteroatoms. The molecule has 0 spiro atoms. The molecule has 0 saturated carbocycles. The second-order valence-electron chi connectivity index (χ2n) is 10.6. The summed E-state index contributed by atoms with van der Waals surface area (Å²) in [4.78, 5) is 26.2. The summed E-state index contributed by atoms with van der Waals surface area (Å²) in [6, 6.07) is 9.20. The van der Waals surface area contributed by atoms with Crippen molar-refractivity contribution in [3.8, 4) is 11.3 Å². The average Bonchev–Trinajstić information content (AvgIpc) is 3.30. The monoisotopic (exact) mass is 448 g/mol. The summed E-state index contributed by atoms with van der Waals surface area (Å²) in [7, 11) is -1.17. The van der Waals surface area contributed by atoms with Crippen molar-refractivity contribution in [1.29, 1.82) is 0 Å². The molecule has 0 aliphatic rings. The standard InChI is InChI=1S/C25H32N4O2Si/c1-25(2,3)23(30)19-15-29(16-31-11-12-32(4,5)6)24-22(19)28-21(14-27-24)18-13-26-20-10-8-7-9-17(18)20/h7-10,13-15,26H,11-12,16H2,1-6H3. The third-order valence-electron chi connectivity index (χ3n) is 5.58. The van der Waals surface area contributed by atoms with E-state index in [0.29, 0.717) is 30.1 Å². The second-order valence-corrected chi connectivity index (χ2v) is 16.2. The summed E-state index contributed by atoms with van der Waals surface area (Å²) < 4.78 is 7.86. The van der Waals surface area contributed by atoms with Crippen molar-refractivity contribution < 1.29 is 9.53 Å². The number of para-hydroxylation sites is 1. The molecule has 0 aliphatic carbocycles. The highest BCUT2D eigenvalue weighted by atomic mass is 28.3. The number of ether oxygens (including phenoxy) is 1. The molecule has 1 aromatic carbocycles. The Morgan fingerprint density at radius 1 is 1.19 bits per heavy atom. The molecule has 0 fully saturated rings. The predicted octanol–water partition coefficient (Wildman–Crippen LogP) is 6.12. The van der Waals surface area contributed by atoms with Crippen molar-refractivity contribution in [1.82, 2.24) is 19.5 Å². The number of hydrogen-bond acceptors (Lipinski definition) is 4. The van der Waals surface area contributed by atoms with Crippen LogP contribution in [0.4, 0.5) is 0 Å². The van der Waals surface area contributed by atoms with Crippen LogP contribution in [0.15, 0.2) is 42.9 Å². The molecule has 6 nitrogen and oxygen atoms in total. The van der Waals surface area contributed by atoms with Crippen molar-refractivity contribution in [3.63, 3.8) is 0 Å². The molecule has 4 rings (SSSR count). The van der Waals surface area contributed by atoms with Gasteiger partial charge in [-0.15, -0.1) is 0 Å². The van der Waals surface area contributed by atoms with Gasteiger partial charge in [0, 0.05) is 49.0 Å². The Kier molecular flexibility index (Phi) is 5.81. The maximum atomic E-state index is 13.2. The first-order chi connectivity index (χ1) is 15.0. The average molecular weight is 449 g/mol. The normalized spacial score (nSPS) is 12.7. The van der Waals surface area contributed by atoms with Gasteiger partial charge in [0.1, 0.15) is 12.2 Å². The first kappa shape index (κ1) is 22.4. The minimum atomic E-state index is -1.17. The third kappa shape index (κ3) is 4.54. The molecule has 0 bridgehead atoms. The van der Waals surface area contributed by atoms with Crippen LogP contribution in [-0.4, -0.2) is 40.0 Å². The van der Waals surface area contributed by atoms with Crippen LogP contribution in [0, 0.1) is 5.41 Å². The number of nitrogens with one attached hydrogen (secondary N) is 1. The molecular formula is C25H32N4O2Si. The number of carbonyl (C=O) groups is 1. The number of aromatic amines is 1. The second kappa shape index (κ2) is 8.29. The van der Waals surface area contributed by atoms with E-state index in [0.717, 1.165) is 28.2 Å². The number of fused-ring (bicyclic) bond motifs is 2. The van der Waals surface area contributed by atoms with E-state index in [1.807, 2.05) is 55.9 Å². The van der Waals surface area contributed by atoms with Crippen molar-refractivity contribution in [2.24, 2.45) is 5.41 Å². The van der Waals surface area contributed by atoms with Crippen molar-refractivity contribution in [2.75, 3.05) is 6.61 Å². The fourth-order valence-corrected chi connectivity index (χ4v) is 4.43. The zero-order chi connectivity index (χ0) is 23.1. The Morgan fingerprint density at radius 3 is 2.66 bits per heavy atom. The van der Waals surface area contributed by atoms with E-state index in [-0.39, 0.29) is 5.78 Å². The number of aromatic nitrogens is 4. The lowest BCUT2D eigenvalue weighted by molar-refractivity contribution is 0.0849. The SMILES string of the molecule is CC(C)(C)C(=O)c1cn(COCC[Si](C)(C)C)c2ncc(-c3c[nH]c4ccccc34)nc12. The van der Waals surface area contributed by atoms with Gasteiger partial charge in [0.05, 0.1) is 17.5 Å². The molecule has 3 aromatic heterocycles. The first-order valence-electron chi connectivity index (χ1n) is 11.1. The van der Waals surface area contributed by atoms with E-state index in [4.69, 9.17) is 14.7 Å². The van der Waals surface area contributed by atoms with Crippen LogP contribution in [0.1, 0.15) is 31.1 Å². The molecular weight excluding hydrogens is 416 g/mol. The highest BCUT2D eigenvalue weighted by molar-refractivity contribution is 6.76. The highest BCUT2D eigenvalue weighted by Gasteiger charge is 2.28. The summed E-state index contributed by atoms with van der Waals surface area (Å²) in [6.45, 7) is 13.9. The van der Waals surface area contributed by atoms with Crippen LogP contribution in [0.5, 0.6) is 0 Å². The topological polar surface area (TPSA) is 72.8 Å². The van der Waals surface area contributed by atoms with Gasteiger partial charge < -0.3 is 14.3 Å². The van der Waals surface area contributed by atoms with Crippen LogP contribution in [-0.2, 0) is 11.5 Å². The number of H-pyrrole nitrogens is 1. The van der Waals surface area contributed by atoms with E-state index in [1.165, 1.54) is 0 Å². The van der Waals surface area contributed by atoms with Crippen molar-refractivity contribution >= 4 is 35.9 Å². The summed E-state index contributed by atoms with van der Waals surface area (Å²) in [5, 5.41) is 1.08. The van der Waals surface area contributed by atoms with Gasteiger partial charge in [0.25, 0.3) is 0 Å². The summed E-state index contributed by atoms with van der Waals surface area (Å²) in [5.74, 6) is 0.0497. The predicted molar refractivity (Wildman–Crippen MR) is 133 cm³/mol. The Morgan fingerprint density at radius 2 is 1.94 bits per heavy atom. The number of carbonyl (C=O) groups excluding carboxylic acids is 1. The number of nitrogens with zero attached hydrogens (tertiary/aromatic N) is 3. The van der Waals surface area contributed by atoms with Gasteiger partial charge in [-0.2, -0.15) is 0 Å². The number of ketones is 1. The molecule has 0 radical (unpaired) electrons. The quantitative estimate of drug-likeness (QED) is 0.210. The fraction of sp³-hybridized carbons (Fsp3) is 0.400. The van der Waals surface area contributed by atoms with E-state index in [2.05, 4.69) is 30.7 Å². The Bertz CT molecular complexity index is 1270. The van der Waals surface area contributed by atoms with Crippen molar-refractivity contribution in [2.45, 2.75) is 53.2 Å². The number of hydrogen-bond donors (Lipinski definition) is 1. The molecule has 0 unspecified atom stereocenters. The van der Waals surface area contributed by atoms with E-state index in [1.54, 1.807) is 6.20 Å². The van der Waals surface area contributed by atoms with E-state index in [9.17, 15) is 4.79 Å². The lowest BCUT2D eigenvalue weighted by Gasteiger charge is -2.16. The zero-order valence-electron chi connectivity index (χ0n) is 19.8. The lowest BCUT2D eigenvalue weighted by Crippen LogP contribution is -2.22. The third-order valence-corrected chi connectivity index (χ3v) is 7.29. The summed E-state index contributed by atoms with van der Waals surface area (Å²) in [5.41, 5.74) is 4.14. The van der Waals surface area contributed by atoms with Gasteiger partial charge in [0.2, 0.25) is 0 Å². The maximum Gasteiger partial charge on any atom is 0.171 e. The minimum Gasteiger partial charge on any atom is -0.361 e. The van der Waals surface area contributed by atoms with Crippen LogP contribution in [0.25, 0.3) is 33.3 Å². The fourth-order valence-electron chi connectivity index (χ4n) is 3.67. The lowest BCUT2D eigenvalue weighted by atomic mass is 9.87. The summed E-state index contributed by atoms with van der Waals surface area (Å²) >= 11 is 0. The molecule has 168 valence electrons. The van der Waals surface area contributed by atoms with Gasteiger partial charge >= 0.3 is 0 Å². The van der Waals surface area contributed by atoms with Gasteiger partial charge in [-0.3, -0.25) is 4.79 Å². The molecule has 1 N–H and O–H groups in total. The highest BCUT2D eigenvalue weighted by Crippen LogP contribution is 2.31. The molecule has 0 aliphatic heterocycles. The van der Waals surface area contributed by atoms with Gasteiger partial charge in [-0.05, 0) is 12.1 Å².